The molecule has 0 aromatic heterocycles. The Labute approximate surface area is 134 Å². The van der Waals surface area contributed by atoms with Crippen molar-refractivity contribution in [3.8, 4) is 0 Å². The van der Waals surface area contributed by atoms with Crippen LogP contribution >= 0.6 is 0 Å². The van der Waals surface area contributed by atoms with Crippen LogP contribution in [0.5, 0.6) is 0 Å². The lowest BCUT2D eigenvalue weighted by molar-refractivity contribution is -0.197. The molecule has 0 bridgehead atoms. The first-order valence-corrected chi connectivity index (χ1v) is 8.01. The van der Waals surface area contributed by atoms with E-state index in [1.165, 1.54) is 6.92 Å². The maximum atomic E-state index is 12.4. The van der Waals surface area contributed by atoms with Crippen LogP contribution in [-0.4, -0.2) is 23.1 Å². The molecule has 0 N–H and O–H groups in total. The van der Waals surface area contributed by atoms with Crippen molar-refractivity contribution in [1.29, 1.82) is 0 Å². The van der Waals surface area contributed by atoms with Gasteiger partial charge in [0.25, 0.3) is 0 Å². The zero-order chi connectivity index (χ0) is 17.2. The van der Waals surface area contributed by atoms with Gasteiger partial charge in [0, 0.05) is 12.3 Å². The summed E-state index contributed by atoms with van der Waals surface area (Å²) < 4.78 is 11.2. The van der Waals surface area contributed by atoms with E-state index in [2.05, 4.69) is 6.58 Å². The van der Waals surface area contributed by atoms with Gasteiger partial charge in [-0.05, 0) is 39.5 Å². The van der Waals surface area contributed by atoms with Gasteiger partial charge in [-0.2, -0.15) is 0 Å². The molecule has 0 spiro atoms. The quantitative estimate of drug-likeness (QED) is 0.581. The Balaban J connectivity index is 3.19. The van der Waals surface area contributed by atoms with E-state index in [0.717, 1.165) is 19.3 Å². The van der Waals surface area contributed by atoms with Crippen LogP contribution in [0.1, 0.15) is 67.2 Å². The Morgan fingerprint density at radius 3 is 2.41 bits per heavy atom. The summed E-state index contributed by atoms with van der Waals surface area (Å²) in [6.07, 6.45) is 4.68. The summed E-state index contributed by atoms with van der Waals surface area (Å²) in [5.74, 6) is -0.637. The van der Waals surface area contributed by atoms with Gasteiger partial charge in [0.2, 0.25) is 0 Å². The van der Waals surface area contributed by atoms with Crippen molar-refractivity contribution in [1.82, 2.24) is 0 Å². The van der Waals surface area contributed by atoms with E-state index in [-0.39, 0.29) is 24.3 Å². The van der Waals surface area contributed by atoms with Crippen LogP contribution in [0.2, 0.25) is 0 Å². The smallest absolute Gasteiger partial charge is 0.310 e. The minimum atomic E-state index is -0.888. The second-order valence-corrected chi connectivity index (χ2v) is 7.66. The van der Waals surface area contributed by atoms with Crippen LogP contribution in [0.25, 0.3) is 0 Å². The zero-order valence-corrected chi connectivity index (χ0v) is 14.8. The molecule has 0 unspecified atom stereocenters. The number of hydrogen-bond donors (Lipinski definition) is 0. The van der Waals surface area contributed by atoms with Gasteiger partial charge in [-0.3, -0.25) is 9.59 Å². The molecular formula is C18H30O4. The summed E-state index contributed by atoms with van der Waals surface area (Å²) in [5, 5.41) is 0. The molecule has 0 radical (unpaired) electrons. The third-order valence-electron chi connectivity index (χ3n) is 4.70. The zero-order valence-electron chi connectivity index (χ0n) is 14.8. The molecule has 4 nitrogen and oxygen atoms in total. The molecule has 1 rings (SSSR count). The van der Waals surface area contributed by atoms with E-state index in [4.69, 9.17) is 9.47 Å². The topological polar surface area (TPSA) is 52.6 Å². The van der Waals surface area contributed by atoms with E-state index in [9.17, 15) is 9.59 Å². The predicted octanol–water partition coefficient (Wildman–Crippen LogP) is 4.03. The average Bonchev–Trinajstić information content (AvgIpc) is 2.32. The van der Waals surface area contributed by atoms with E-state index in [0.29, 0.717) is 0 Å². The van der Waals surface area contributed by atoms with E-state index in [1.54, 1.807) is 0 Å². The molecule has 0 saturated heterocycles. The minimum absolute atomic E-state index is 0.0630. The van der Waals surface area contributed by atoms with Crippen molar-refractivity contribution in [3.05, 3.63) is 12.7 Å². The highest BCUT2D eigenvalue weighted by molar-refractivity contribution is 5.73. The van der Waals surface area contributed by atoms with Gasteiger partial charge in [0.1, 0.15) is 11.2 Å². The fraction of sp³-hybridized carbons (Fsp3) is 0.778. The highest BCUT2D eigenvalue weighted by atomic mass is 16.6. The Kier molecular flexibility index (Phi) is 5.47. The van der Waals surface area contributed by atoms with Crippen LogP contribution in [0.15, 0.2) is 12.7 Å². The summed E-state index contributed by atoms with van der Waals surface area (Å²) in [5.41, 5.74) is -1.88. The summed E-state index contributed by atoms with van der Waals surface area (Å²) in [7, 11) is 0. The molecule has 126 valence electrons. The van der Waals surface area contributed by atoms with Gasteiger partial charge in [-0.25, -0.2) is 0 Å². The molecule has 3 atom stereocenters. The summed E-state index contributed by atoms with van der Waals surface area (Å²) in [6.45, 7) is 14.9. The lowest BCUT2D eigenvalue weighted by atomic mass is 9.58. The summed E-state index contributed by atoms with van der Waals surface area (Å²) in [6, 6.07) is 0. The van der Waals surface area contributed by atoms with Crippen LogP contribution in [0, 0.1) is 11.3 Å². The normalized spacial score (nSPS) is 32.2. The molecule has 4 heteroatoms. The van der Waals surface area contributed by atoms with Crippen molar-refractivity contribution in [2.24, 2.45) is 11.3 Å². The second-order valence-electron chi connectivity index (χ2n) is 7.66. The highest BCUT2D eigenvalue weighted by Crippen LogP contribution is 2.52. The number of carbonyl (C=O) groups is 2. The van der Waals surface area contributed by atoms with E-state index >= 15 is 0 Å². The van der Waals surface area contributed by atoms with Crippen LogP contribution in [0.3, 0.4) is 0 Å². The Morgan fingerprint density at radius 1 is 1.36 bits per heavy atom. The molecule has 0 aromatic carbocycles. The number of rotatable bonds is 4. The summed E-state index contributed by atoms with van der Waals surface area (Å²) >= 11 is 0. The molecule has 1 fully saturated rings. The lowest BCUT2D eigenvalue weighted by Crippen LogP contribution is -2.57. The fourth-order valence-electron chi connectivity index (χ4n) is 3.54. The van der Waals surface area contributed by atoms with Gasteiger partial charge in [0.15, 0.2) is 0 Å². The van der Waals surface area contributed by atoms with Gasteiger partial charge in [0.05, 0.1) is 6.42 Å². The third-order valence-corrected chi connectivity index (χ3v) is 4.70. The predicted molar refractivity (Wildman–Crippen MR) is 86.3 cm³/mol. The van der Waals surface area contributed by atoms with Crippen molar-refractivity contribution >= 4 is 11.9 Å². The number of carbonyl (C=O) groups excluding carboxylic acids is 2. The van der Waals surface area contributed by atoms with Gasteiger partial charge >= 0.3 is 11.9 Å². The molecule has 0 heterocycles. The summed E-state index contributed by atoms with van der Waals surface area (Å²) in [4.78, 5) is 24.1. The van der Waals surface area contributed by atoms with Gasteiger partial charge in [-0.15, -0.1) is 6.58 Å². The maximum absolute atomic E-state index is 12.4. The van der Waals surface area contributed by atoms with Crippen molar-refractivity contribution in [3.63, 3.8) is 0 Å². The molecule has 1 saturated carbocycles. The van der Waals surface area contributed by atoms with Crippen molar-refractivity contribution in [2.75, 3.05) is 0 Å². The third kappa shape index (κ3) is 3.90. The van der Waals surface area contributed by atoms with Crippen molar-refractivity contribution < 1.29 is 19.1 Å². The Bertz CT molecular complexity index is 448. The van der Waals surface area contributed by atoms with Crippen molar-refractivity contribution in [2.45, 2.75) is 78.4 Å². The van der Waals surface area contributed by atoms with E-state index in [1.807, 2.05) is 40.7 Å². The SMILES string of the molecule is C=C[C@]1(C)CCC[C@@H](C)[C@@]1(CC(=O)OC(C)(C)C)OC(C)=O. The molecule has 1 aliphatic carbocycles. The van der Waals surface area contributed by atoms with Gasteiger partial charge in [-0.1, -0.05) is 26.3 Å². The van der Waals surface area contributed by atoms with Crippen LogP contribution in [-0.2, 0) is 19.1 Å². The molecule has 0 amide bonds. The maximum Gasteiger partial charge on any atom is 0.310 e. The second kappa shape index (κ2) is 6.43. The molecular weight excluding hydrogens is 280 g/mol. The molecule has 1 aliphatic rings. The molecule has 0 aliphatic heterocycles. The van der Waals surface area contributed by atoms with E-state index < -0.39 is 16.6 Å². The van der Waals surface area contributed by atoms with Crippen LogP contribution < -0.4 is 0 Å². The monoisotopic (exact) mass is 310 g/mol. The Hall–Kier alpha value is -1.32. The molecule has 22 heavy (non-hydrogen) atoms. The number of hydrogen-bond acceptors (Lipinski definition) is 4. The van der Waals surface area contributed by atoms with Crippen LogP contribution in [0.4, 0.5) is 0 Å². The lowest BCUT2D eigenvalue weighted by Gasteiger charge is -2.52. The first kappa shape index (κ1) is 18.7. The largest absolute Gasteiger partial charge is 0.460 e. The first-order valence-electron chi connectivity index (χ1n) is 8.01. The fourth-order valence-corrected chi connectivity index (χ4v) is 3.54. The Morgan fingerprint density at radius 2 is 1.95 bits per heavy atom. The average molecular weight is 310 g/mol. The standard InChI is InChI=1S/C18H30O4/c1-8-17(7)11-9-10-13(2)18(17,21-14(3)19)12-15(20)22-16(4,5)6/h8,13H,1,9-12H2,2-7H3/t13-,17-,18-/m1/s1. The number of ether oxygens (including phenoxy) is 2. The first-order chi connectivity index (χ1) is 9.96. The van der Waals surface area contributed by atoms with Gasteiger partial charge < -0.3 is 9.47 Å². The molecule has 0 aromatic rings. The number of esters is 2. The highest BCUT2D eigenvalue weighted by Gasteiger charge is 2.56. The minimum Gasteiger partial charge on any atom is -0.460 e.